The van der Waals surface area contributed by atoms with Gasteiger partial charge in [-0.2, -0.15) is 13.2 Å². The molecule has 0 saturated carbocycles. The van der Waals surface area contributed by atoms with Gasteiger partial charge in [0, 0.05) is 18.0 Å². The number of aromatic nitrogens is 2. The van der Waals surface area contributed by atoms with E-state index in [0.29, 0.717) is 5.56 Å². The van der Waals surface area contributed by atoms with Crippen LogP contribution in [0.15, 0.2) is 18.7 Å². The lowest BCUT2D eigenvalue weighted by Gasteiger charge is -2.11. The van der Waals surface area contributed by atoms with Gasteiger partial charge in [0.2, 0.25) is 0 Å². The lowest BCUT2D eigenvalue weighted by Crippen LogP contribution is -2.19. The molecule has 0 aliphatic rings. The van der Waals surface area contributed by atoms with Crippen molar-refractivity contribution in [3.8, 4) is 0 Å². The summed E-state index contributed by atoms with van der Waals surface area (Å²) in [5, 5.41) is 9.35. The van der Waals surface area contributed by atoms with Crippen LogP contribution in [-0.4, -0.2) is 34.5 Å². The van der Waals surface area contributed by atoms with Crippen molar-refractivity contribution >= 4 is 0 Å². The molecule has 0 amide bonds. The van der Waals surface area contributed by atoms with E-state index < -0.39 is 25.5 Å². The highest BCUT2D eigenvalue weighted by Gasteiger charge is 2.27. The van der Waals surface area contributed by atoms with Gasteiger partial charge < -0.3 is 9.84 Å². The van der Waals surface area contributed by atoms with Gasteiger partial charge in [0.05, 0.1) is 6.61 Å². The Kier molecular flexibility index (Phi) is 3.98. The second-order valence-electron chi connectivity index (χ2n) is 2.82. The molecule has 4 nitrogen and oxygen atoms in total. The second-order valence-corrected chi connectivity index (χ2v) is 2.82. The van der Waals surface area contributed by atoms with Gasteiger partial charge in [0.1, 0.15) is 19.0 Å². The third-order valence-corrected chi connectivity index (χ3v) is 1.51. The van der Waals surface area contributed by atoms with Crippen molar-refractivity contribution in [1.82, 2.24) is 9.97 Å². The molecule has 1 aromatic heterocycles. The van der Waals surface area contributed by atoms with Gasteiger partial charge in [-0.25, -0.2) is 9.97 Å². The quantitative estimate of drug-likeness (QED) is 0.828. The monoisotopic (exact) mass is 222 g/mol. The minimum absolute atomic E-state index is 0.319. The zero-order valence-corrected chi connectivity index (χ0v) is 7.61. The molecule has 0 radical (unpaired) electrons. The van der Waals surface area contributed by atoms with Gasteiger partial charge in [-0.05, 0) is 0 Å². The molecule has 1 aromatic rings. The average Bonchev–Trinajstić information content (AvgIpc) is 2.17. The Morgan fingerprint density at radius 2 is 1.93 bits per heavy atom. The van der Waals surface area contributed by atoms with Crippen molar-refractivity contribution < 1.29 is 23.0 Å². The van der Waals surface area contributed by atoms with Crippen LogP contribution in [0.25, 0.3) is 0 Å². The lowest BCUT2D eigenvalue weighted by atomic mass is 10.2. The summed E-state index contributed by atoms with van der Waals surface area (Å²) in [7, 11) is 0. The highest BCUT2D eigenvalue weighted by molar-refractivity contribution is 5.06. The van der Waals surface area contributed by atoms with E-state index in [1.165, 1.54) is 18.7 Å². The molecule has 1 rings (SSSR count). The van der Waals surface area contributed by atoms with E-state index in [1.54, 1.807) is 0 Å². The Hall–Kier alpha value is -1.21. The molecule has 0 aliphatic heterocycles. The van der Waals surface area contributed by atoms with Gasteiger partial charge in [0.25, 0.3) is 0 Å². The molecule has 1 atom stereocenters. The number of nitrogens with zero attached hydrogens (tertiary/aromatic N) is 2. The van der Waals surface area contributed by atoms with E-state index in [0.717, 1.165) is 0 Å². The highest BCUT2D eigenvalue weighted by atomic mass is 19.4. The van der Waals surface area contributed by atoms with E-state index in [4.69, 9.17) is 0 Å². The maximum absolute atomic E-state index is 11.7. The number of rotatable bonds is 4. The van der Waals surface area contributed by atoms with Gasteiger partial charge in [0.15, 0.2) is 0 Å². The molecule has 1 heterocycles. The van der Waals surface area contributed by atoms with E-state index in [-0.39, 0.29) is 0 Å². The van der Waals surface area contributed by atoms with Crippen molar-refractivity contribution in [1.29, 1.82) is 0 Å². The number of aliphatic hydroxyl groups is 1. The first kappa shape index (κ1) is 11.9. The largest absolute Gasteiger partial charge is 0.411 e. The number of ether oxygens (including phenoxy) is 1. The van der Waals surface area contributed by atoms with Crippen LogP contribution >= 0.6 is 0 Å². The number of hydrogen-bond donors (Lipinski definition) is 1. The van der Waals surface area contributed by atoms with Crippen LogP contribution in [0.3, 0.4) is 0 Å². The zero-order chi connectivity index (χ0) is 11.3. The summed E-state index contributed by atoms with van der Waals surface area (Å²) < 4.78 is 39.3. The summed E-state index contributed by atoms with van der Waals surface area (Å²) in [6.45, 7) is -1.81. The molecule has 0 saturated heterocycles. The van der Waals surface area contributed by atoms with Crippen molar-refractivity contribution in [2.45, 2.75) is 12.3 Å². The normalized spacial score (nSPS) is 13.9. The van der Waals surface area contributed by atoms with Gasteiger partial charge >= 0.3 is 6.18 Å². The SMILES string of the molecule is OC(COCC(F)(F)F)c1cncnc1. The van der Waals surface area contributed by atoms with Crippen molar-refractivity contribution in [2.24, 2.45) is 0 Å². The number of halogens is 3. The molecular formula is C8H9F3N2O2. The third-order valence-electron chi connectivity index (χ3n) is 1.51. The zero-order valence-electron chi connectivity index (χ0n) is 7.61. The van der Waals surface area contributed by atoms with Crippen LogP contribution in [-0.2, 0) is 4.74 Å². The molecule has 0 aromatic carbocycles. The Balaban J connectivity index is 2.34. The van der Waals surface area contributed by atoms with Crippen LogP contribution in [0.1, 0.15) is 11.7 Å². The first-order chi connectivity index (χ1) is 6.99. The highest BCUT2D eigenvalue weighted by Crippen LogP contribution is 2.16. The maximum atomic E-state index is 11.7. The number of hydrogen-bond acceptors (Lipinski definition) is 4. The number of alkyl halides is 3. The van der Waals surface area contributed by atoms with Crippen LogP contribution < -0.4 is 0 Å². The maximum Gasteiger partial charge on any atom is 0.411 e. The summed E-state index contributed by atoms with van der Waals surface area (Å²) in [5.41, 5.74) is 0.319. The Morgan fingerprint density at radius 1 is 1.33 bits per heavy atom. The molecule has 0 fully saturated rings. The number of aliphatic hydroxyl groups excluding tert-OH is 1. The van der Waals surface area contributed by atoms with Gasteiger partial charge in [-0.3, -0.25) is 0 Å². The molecule has 1 unspecified atom stereocenters. The van der Waals surface area contributed by atoms with E-state index >= 15 is 0 Å². The minimum Gasteiger partial charge on any atom is -0.386 e. The van der Waals surface area contributed by atoms with Crippen molar-refractivity contribution in [3.05, 3.63) is 24.3 Å². The molecular weight excluding hydrogens is 213 g/mol. The lowest BCUT2D eigenvalue weighted by molar-refractivity contribution is -0.179. The van der Waals surface area contributed by atoms with E-state index in [1.807, 2.05) is 0 Å². The van der Waals surface area contributed by atoms with Crippen LogP contribution in [0.2, 0.25) is 0 Å². The van der Waals surface area contributed by atoms with Gasteiger partial charge in [-0.15, -0.1) is 0 Å². The van der Waals surface area contributed by atoms with Crippen molar-refractivity contribution in [2.75, 3.05) is 13.2 Å². The summed E-state index contributed by atoms with van der Waals surface area (Å²) in [6, 6.07) is 0. The second kappa shape index (κ2) is 5.04. The molecule has 84 valence electrons. The average molecular weight is 222 g/mol. The van der Waals surface area contributed by atoms with Crippen molar-refractivity contribution in [3.63, 3.8) is 0 Å². The summed E-state index contributed by atoms with van der Waals surface area (Å²) in [4.78, 5) is 7.23. The first-order valence-electron chi connectivity index (χ1n) is 4.06. The molecule has 7 heteroatoms. The molecule has 0 bridgehead atoms. The molecule has 1 N–H and O–H groups in total. The smallest absolute Gasteiger partial charge is 0.386 e. The summed E-state index contributed by atoms with van der Waals surface area (Å²) in [5.74, 6) is 0. The Morgan fingerprint density at radius 3 is 2.47 bits per heavy atom. The third kappa shape index (κ3) is 4.71. The van der Waals surface area contributed by atoms with Crippen LogP contribution in [0, 0.1) is 0 Å². The van der Waals surface area contributed by atoms with E-state index in [9.17, 15) is 18.3 Å². The van der Waals surface area contributed by atoms with Crippen LogP contribution in [0.5, 0.6) is 0 Å². The molecule has 15 heavy (non-hydrogen) atoms. The predicted molar refractivity (Wildman–Crippen MR) is 43.9 cm³/mol. The topological polar surface area (TPSA) is 55.2 Å². The molecule has 0 aliphatic carbocycles. The Labute approximate surface area is 83.7 Å². The van der Waals surface area contributed by atoms with Crippen LogP contribution in [0.4, 0.5) is 13.2 Å². The summed E-state index contributed by atoms with van der Waals surface area (Å²) >= 11 is 0. The Bertz CT molecular complexity index is 292. The van der Waals surface area contributed by atoms with E-state index in [2.05, 4.69) is 14.7 Å². The molecule has 0 spiro atoms. The first-order valence-corrected chi connectivity index (χ1v) is 4.06. The summed E-state index contributed by atoms with van der Waals surface area (Å²) in [6.07, 6.45) is -1.64. The predicted octanol–water partition coefficient (Wildman–Crippen LogP) is 1.09. The van der Waals surface area contributed by atoms with Gasteiger partial charge in [-0.1, -0.05) is 0 Å². The minimum atomic E-state index is -4.38. The fraction of sp³-hybridized carbons (Fsp3) is 0.500. The fourth-order valence-corrected chi connectivity index (χ4v) is 0.865. The standard InChI is InChI=1S/C8H9F3N2O2/c9-8(10,11)4-15-3-7(14)6-1-12-5-13-2-6/h1-2,5,7,14H,3-4H2. The fourth-order valence-electron chi connectivity index (χ4n) is 0.865.